The topological polar surface area (TPSA) is 99.1 Å². The molecule has 10 heteroatoms. The van der Waals surface area contributed by atoms with Gasteiger partial charge < -0.3 is 25.2 Å². The summed E-state index contributed by atoms with van der Waals surface area (Å²) in [5.74, 6) is -0.976. The van der Waals surface area contributed by atoms with Crippen LogP contribution in [0.25, 0.3) is 0 Å². The number of amides is 2. The number of aliphatic hydroxyl groups is 2. The van der Waals surface area contributed by atoms with Crippen LogP contribution in [0, 0.1) is 11.2 Å². The number of aliphatic hydroxyl groups excluding tert-OH is 1. The van der Waals surface area contributed by atoms with E-state index in [2.05, 4.69) is 5.32 Å². The Kier molecular flexibility index (Phi) is 6.44. The van der Waals surface area contributed by atoms with Crippen molar-refractivity contribution in [3.8, 4) is 5.75 Å². The molecule has 36 heavy (non-hydrogen) atoms. The van der Waals surface area contributed by atoms with Gasteiger partial charge in [0, 0.05) is 16.6 Å². The van der Waals surface area contributed by atoms with Gasteiger partial charge in [0.15, 0.2) is 6.61 Å². The monoisotopic (exact) mass is 536 g/mol. The van der Waals surface area contributed by atoms with Crippen molar-refractivity contribution >= 4 is 35.0 Å². The first kappa shape index (κ1) is 25.3. The summed E-state index contributed by atoms with van der Waals surface area (Å²) in [7, 11) is 0. The second-order valence-corrected chi connectivity index (χ2v) is 11.1. The van der Waals surface area contributed by atoms with E-state index in [1.54, 1.807) is 29.2 Å². The van der Waals surface area contributed by atoms with Crippen LogP contribution in [0.3, 0.4) is 0 Å². The Morgan fingerprint density at radius 1 is 1.08 bits per heavy atom. The summed E-state index contributed by atoms with van der Waals surface area (Å²) in [5, 5.41) is 25.5. The molecule has 4 aliphatic rings. The van der Waals surface area contributed by atoms with Gasteiger partial charge in [-0.05, 0) is 61.9 Å². The van der Waals surface area contributed by atoms with Crippen LogP contribution in [-0.4, -0.2) is 58.3 Å². The number of likely N-dealkylation sites (tertiary alicyclic amines) is 1. The van der Waals surface area contributed by atoms with Gasteiger partial charge in [0.25, 0.3) is 5.91 Å². The lowest BCUT2D eigenvalue weighted by atomic mass is 9.54. The molecule has 1 aliphatic heterocycles. The van der Waals surface area contributed by atoms with Crippen molar-refractivity contribution in [1.29, 1.82) is 0 Å². The fraction of sp³-hybridized carbons (Fsp3) is 0.462. The molecular formula is C26H27Cl2FN2O5. The maximum atomic E-state index is 13.6. The maximum absolute atomic E-state index is 13.6. The zero-order chi connectivity index (χ0) is 25.7. The van der Waals surface area contributed by atoms with E-state index in [1.165, 1.54) is 12.1 Å². The molecule has 2 amide bonds. The summed E-state index contributed by atoms with van der Waals surface area (Å²) >= 11 is 11.6. The van der Waals surface area contributed by atoms with Crippen molar-refractivity contribution < 1.29 is 28.9 Å². The molecule has 192 valence electrons. The summed E-state index contributed by atoms with van der Waals surface area (Å²) in [6.07, 6.45) is 1.32. The predicted octanol–water partition coefficient (Wildman–Crippen LogP) is 3.42. The number of halogens is 3. The number of nitrogens with zero attached hydrogens (tertiary/aromatic N) is 1. The van der Waals surface area contributed by atoms with Crippen LogP contribution in [0.4, 0.5) is 4.39 Å². The van der Waals surface area contributed by atoms with Crippen molar-refractivity contribution in [2.75, 3.05) is 19.7 Å². The molecule has 0 aromatic heterocycles. The molecule has 4 fully saturated rings. The number of fused-ring (bicyclic) bond motifs is 3. The van der Waals surface area contributed by atoms with Crippen LogP contribution in [0.2, 0.25) is 10.0 Å². The van der Waals surface area contributed by atoms with Gasteiger partial charge in [0.05, 0.1) is 29.6 Å². The van der Waals surface area contributed by atoms with E-state index in [9.17, 15) is 24.2 Å². The Morgan fingerprint density at radius 3 is 2.36 bits per heavy atom. The minimum absolute atomic E-state index is 0.0324. The molecule has 3 saturated carbocycles. The second-order valence-electron chi connectivity index (χ2n) is 10.3. The maximum Gasteiger partial charge on any atom is 0.258 e. The van der Waals surface area contributed by atoms with Crippen LogP contribution in [0.5, 0.6) is 5.75 Å². The molecule has 1 atom stereocenters. The Balaban J connectivity index is 1.17. The zero-order valence-electron chi connectivity index (χ0n) is 19.5. The van der Waals surface area contributed by atoms with E-state index in [1.807, 2.05) is 0 Å². The third-order valence-corrected chi connectivity index (χ3v) is 8.54. The molecule has 1 saturated heterocycles. The Hall–Kier alpha value is -2.39. The smallest absolute Gasteiger partial charge is 0.258 e. The average molecular weight is 537 g/mol. The zero-order valence-corrected chi connectivity index (χ0v) is 21.0. The lowest BCUT2D eigenvalue weighted by molar-refractivity contribution is -0.187. The molecule has 2 aromatic rings. The van der Waals surface area contributed by atoms with Gasteiger partial charge in [-0.3, -0.25) is 9.59 Å². The first-order valence-corrected chi connectivity index (χ1v) is 12.6. The number of hydrogen-bond donors (Lipinski definition) is 3. The highest BCUT2D eigenvalue weighted by Crippen LogP contribution is 2.54. The predicted molar refractivity (Wildman–Crippen MR) is 131 cm³/mol. The van der Waals surface area contributed by atoms with Gasteiger partial charge in [0.2, 0.25) is 5.91 Å². The summed E-state index contributed by atoms with van der Waals surface area (Å²) < 4.78 is 19.0. The van der Waals surface area contributed by atoms with Crippen molar-refractivity contribution in [1.82, 2.24) is 10.2 Å². The van der Waals surface area contributed by atoms with Crippen LogP contribution in [0.15, 0.2) is 42.5 Å². The summed E-state index contributed by atoms with van der Waals surface area (Å²) in [4.78, 5) is 27.7. The van der Waals surface area contributed by atoms with Gasteiger partial charge in [0.1, 0.15) is 17.2 Å². The van der Waals surface area contributed by atoms with E-state index in [4.69, 9.17) is 27.9 Å². The first-order valence-electron chi connectivity index (χ1n) is 11.9. The van der Waals surface area contributed by atoms with Crippen molar-refractivity contribution in [2.45, 2.75) is 49.3 Å². The highest BCUT2D eigenvalue weighted by Gasteiger charge is 2.61. The molecule has 2 bridgehead atoms. The van der Waals surface area contributed by atoms with Crippen molar-refractivity contribution in [2.24, 2.45) is 5.41 Å². The number of rotatable bonds is 6. The number of carbonyl (C=O) groups excluding carboxylic acids is 2. The third-order valence-electron chi connectivity index (χ3n) is 7.99. The number of nitrogens with one attached hydrogen (secondary N) is 1. The molecular weight excluding hydrogens is 510 g/mol. The van der Waals surface area contributed by atoms with Crippen LogP contribution in [0.1, 0.15) is 37.7 Å². The molecule has 0 radical (unpaired) electrons. The van der Waals surface area contributed by atoms with Crippen LogP contribution < -0.4 is 10.1 Å². The summed E-state index contributed by atoms with van der Waals surface area (Å²) in [6.45, 7) is 0.0128. The minimum atomic E-state index is -1.13. The molecule has 1 heterocycles. The van der Waals surface area contributed by atoms with Gasteiger partial charge >= 0.3 is 0 Å². The van der Waals surface area contributed by atoms with E-state index in [-0.39, 0.29) is 48.7 Å². The van der Waals surface area contributed by atoms with Gasteiger partial charge in [-0.2, -0.15) is 0 Å². The van der Waals surface area contributed by atoms with Crippen molar-refractivity contribution in [3.05, 3.63) is 63.9 Å². The first-order chi connectivity index (χ1) is 17.0. The van der Waals surface area contributed by atoms with Gasteiger partial charge in [-0.1, -0.05) is 35.3 Å². The summed E-state index contributed by atoms with van der Waals surface area (Å²) in [5.41, 5.74) is -1.96. The number of hydrogen-bond acceptors (Lipinski definition) is 5. The molecule has 3 N–H and O–H groups in total. The number of carbonyl (C=O) groups is 2. The Morgan fingerprint density at radius 2 is 1.75 bits per heavy atom. The van der Waals surface area contributed by atoms with Gasteiger partial charge in [-0.15, -0.1) is 0 Å². The molecule has 2 aromatic carbocycles. The fourth-order valence-corrected chi connectivity index (χ4v) is 6.09. The standard InChI is InChI=1S/C26H27Cl2FN2O5/c27-17-3-1-16(2-4-17)26(35)14-31(15-26)23(34)25-9-7-24(8-10-25,12-21(25)32)30-22(33)13-36-18-5-6-19(28)20(29)11-18/h1-6,11,21,32,35H,7-10,12-15H2,(H,30,33)/t21-,24?,25?/m1/s1. The van der Waals surface area contributed by atoms with E-state index >= 15 is 0 Å². The molecule has 0 spiro atoms. The highest BCUT2D eigenvalue weighted by atomic mass is 35.5. The van der Waals surface area contributed by atoms with E-state index < -0.39 is 28.5 Å². The second kappa shape index (κ2) is 9.17. The van der Waals surface area contributed by atoms with Crippen molar-refractivity contribution in [3.63, 3.8) is 0 Å². The highest BCUT2D eigenvalue weighted by molar-refractivity contribution is 6.30. The Bertz CT molecular complexity index is 1180. The number of benzene rings is 2. The quantitative estimate of drug-likeness (QED) is 0.525. The normalized spacial score (nSPS) is 28.4. The Labute approximate surface area is 218 Å². The average Bonchev–Trinajstić information content (AvgIpc) is 2.83. The molecule has 0 unspecified atom stereocenters. The lowest BCUT2D eigenvalue weighted by Gasteiger charge is -2.58. The molecule has 3 aliphatic carbocycles. The fourth-order valence-electron chi connectivity index (χ4n) is 5.84. The number of ether oxygens (including phenoxy) is 1. The van der Waals surface area contributed by atoms with E-state index in [0.717, 1.165) is 6.07 Å². The lowest BCUT2D eigenvalue weighted by Crippen LogP contribution is -2.70. The SMILES string of the molecule is O=C(COc1ccc(Cl)c(F)c1)NC12CCC(C(=O)N3CC(O)(c4ccc(Cl)cc4)C3)(CC1)[C@H](O)C2. The van der Waals surface area contributed by atoms with Gasteiger partial charge in [-0.25, -0.2) is 4.39 Å². The number of β-amino-alcohol motifs (C(OH)–C–C–N with tert-alkyl or cyclic N) is 1. The van der Waals surface area contributed by atoms with E-state index in [0.29, 0.717) is 36.3 Å². The third kappa shape index (κ3) is 4.45. The molecule has 6 rings (SSSR count). The summed E-state index contributed by atoms with van der Waals surface area (Å²) in [6, 6.07) is 10.9. The van der Waals surface area contributed by atoms with Crippen LogP contribution in [-0.2, 0) is 15.2 Å². The van der Waals surface area contributed by atoms with Crippen LogP contribution >= 0.6 is 23.2 Å². The largest absolute Gasteiger partial charge is 0.484 e. The molecule has 7 nitrogen and oxygen atoms in total. The minimum Gasteiger partial charge on any atom is -0.484 e.